The lowest BCUT2D eigenvalue weighted by Crippen LogP contribution is -2.26. The summed E-state index contributed by atoms with van der Waals surface area (Å²) in [6, 6.07) is 13.4. The molecular formula is C17H17FN2O2. The van der Waals surface area contributed by atoms with Crippen molar-refractivity contribution in [3.05, 3.63) is 65.5 Å². The van der Waals surface area contributed by atoms with Gasteiger partial charge in [0.1, 0.15) is 5.82 Å². The number of aryl methyl sites for hydroxylation is 1. The number of carbonyl (C=O) groups is 1. The number of nitrogens with zero attached hydrogens (tertiary/aromatic N) is 1. The smallest absolute Gasteiger partial charge is 0.267 e. The molecule has 0 aliphatic heterocycles. The molecule has 0 unspecified atom stereocenters. The van der Waals surface area contributed by atoms with Crippen LogP contribution in [-0.2, 0) is 9.63 Å². The summed E-state index contributed by atoms with van der Waals surface area (Å²) in [7, 11) is 0. The van der Waals surface area contributed by atoms with Crippen molar-refractivity contribution in [2.24, 2.45) is 5.16 Å². The minimum Gasteiger partial charge on any atom is -0.383 e. The van der Waals surface area contributed by atoms with Crippen LogP contribution in [0, 0.1) is 12.7 Å². The molecule has 1 amide bonds. The Hall–Kier alpha value is -2.69. The molecule has 0 aliphatic rings. The summed E-state index contributed by atoms with van der Waals surface area (Å²) >= 11 is 0. The zero-order chi connectivity index (χ0) is 15.9. The molecule has 2 rings (SSSR count). The molecule has 0 saturated heterocycles. The normalized spacial score (nSPS) is 12.1. The van der Waals surface area contributed by atoms with Gasteiger partial charge in [0.05, 0.1) is 6.21 Å². The first kappa shape index (κ1) is 15.7. The predicted molar refractivity (Wildman–Crippen MR) is 84.3 cm³/mol. The molecule has 0 bridgehead atoms. The molecule has 0 saturated carbocycles. The number of nitrogens with one attached hydrogen (secondary N) is 1. The number of amides is 1. The fraction of sp³-hybridized carbons (Fsp3) is 0.176. The highest BCUT2D eigenvalue weighted by molar-refractivity contribution is 5.94. The Morgan fingerprint density at radius 1 is 1.27 bits per heavy atom. The van der Waals surface area contributed by atoms with E-state index in [1.807, 2.05) is 25.1 Å². The minimum absolute atomic E-state index is 0.304. The summed E-state index contributed by atoms with van der Waals surface area (Å²) < 4.78 is 13.0. The Labute approximate surface area is 128 Å². The summed E-state index contributed by atoms with van der Waals surface area (Å²) in [6.07, 6.45) is 0.602. The molecule has 1 atom stereocenters. The monoisotopic (exact) mass is 300 g/mol. The van der Waals surface area contributed by atoms with Crippen molar-refractivity contribution < 1.29 is 14.0 Å². The molecule has 0 spiro atoms. The van der Waals surface area contributed by atoms with E-state index in [0.717, 1.165) is 5.56 Å². The Kier molecular flexibility index (Phi) is 5.25. The Balaban J connectivity index is 1.89. The third-order valence-electron chi connectivity index (χ3n) is 2.92. The van der Waals surface area contributed by atoms with Crippen molar-refractivity contribution in [3.63, 3.8) is 0 Å². The highest BCUT2D eigenvalue weighted by Crippen LogP contribution is 2.10. The maximum atomic E-state index is 13.0. The second-order valence-electron chi connectivity index (χ2n) is 4.90. The number of hydrogen-bond donors (Lipinski definition) is 1. The second-order valence-corrected chi connectivity index (χ2v) is 4.90. The van der Waals surface area contributed by atoms with Crippen LogP contribution in [0.5, 0.6) is 0 Å². The molecular weight excluding hydrogens is 283 g/mol. The molecule has 5 heteroatoms. The Morgan fingerprint density at radius 2 is 2.05 bits per heavy atom. The molecule has 0 aliphatic carbocycles. The number of rotatable bonds is 5. The van der Waals surface area contributed by atoms with E-state index in [1.54, 1.807) is 25.1 Å². The summed E-state index contributed by atoms with van der Waals surface area (Å²) in [5, 5.41) is 6.45. The first-order chi connectivity index (χ1) is 10.5. The summed E-state index contributed by atoms with van der Waals surface area (Å²) in [5.41, 5.74) is 2.32. The molecule has 0 aromatic heterocycles. The lowest BCUT2D eigenvalue weighted by atomic mass is 10.2. The quantitative estimate of drug-likeness (QED) is 0.678. The number of hydrogen-bond acceptors (Lipinski definition) is 3. The van der Waals surface area contributed by atoms with Crippen LogP contribution >= 0.6 is 0 Å². The van der Waals surface area contributed by atoms with Crippen LogP contribution < -0.4 is 5.32 Å². The van der Waals surface area contributed by atoms with Gasteiger partial charge < -0.3 is 10.2 Å². The Bertz CT molecular complexity index is 686. The summed E-state index contributed by atoms with van der Waals surface area (Å²) in [6.45, 7) is 3.53. The van der Waals surface area contributed by atoms with Crippen molar-refractivity contribution in [2.75, 3.05) is 5.32 Å². The van der Waals surface area contributed by atoms with E-state index in [9.17, 15) is 9.18 Å². The van der Waals surface area contributed by atoms with Gasteiger partial charge in [0.15, 0.2) is 0 Å². The number of carbonyl (C=O) groups excluding carboxylic acids is 1. The second kappa shape index (κ2) is 7.36. The van der Waals surface area contributed by atoms with Gasteiger partial charge in [0.25, 0.3) is 5.91 Å². The SMILES string of the molecule is Cc1cccc(NC(=O)[C@H](C)O/N=C\c2cccc(F)c2)c1. The largest absolute Gasteiger partial charge is 0.383 e. The number of halogens is 1. The van der Waals surface area contributed by atoms with Crippen molar-refractivity contribution >= 4 is 17.8 Å². The molecule has 0 fully saturated rings. The van der Waals surface area contributed by atoms with Crippen molar-refractivity contribution in [1.29, 1.82) is 0 Å². The van der Waals surface area contributed by atoms with Gasteiger partial charge in [-0.1, -0.05) is 29.4 Å². The molecule has 4 nitrogen and oxygen atoms in total. The van der Waals surface area contributed by atoms with E-state index in [0.29, 0.717) is 11.3 Å². The van der Waals surface area contributed by atoms with Gasteiger partial charge >= 0.3 is 0 Å². The molecule has 2 aromatic carbocycles. The van der Waals surface area contributed by atoms with Crippen LogP contribution in [0.2, 0.25) is 0 Å². The number of anilines is 1. The molecule has 0 radical (unpaired) electrons. The molecule has 0 heterocycles. The van der Waals surface area contributed by atoms with Gasteiger partial charge in [-0.2, -0.15) is 0 Å². The number of benzene rings is 2. The maximum absolute atomic E-state index is 13.0. The molecule has 1 N–H and O–H groups in total. The fourth-order valence-corrected chi connectivity index (χ4v) is 1.78. The lowest BCUT2D eigenvalue weighted by molar-refractivity contribution is -0.126. The van der Waals surface area contributed by atoms with E-state index in [4.69, 9.17) is 4.84 Å². The van der Waals surface area contributed by atoms with E-state index in [-0.39, 0.29) is 11.7 Å². The van der Waals surface area contributed by atoms with Gasteiger partial charge in [-0.15, -0.1) is 0 Å². The van der Waals surface area contributed by atoms with Gasteiger partial charge in [-0.25, -0.2) is 4.39 Å². The average molecular weight is 300 g/mol. The highest BCUT2D eigenvalue weighted by Gasteiger charge is 2.14. The predicted octanol–water partition coefficient (Wildman–Crippen LogP) is 3.51. The average Bonchev–Trinajstić information content (AvgIpc) is 2.47. The van der Waals surface area contributed by atoms with Crippen LogP contribution in [0.15, 0.2) is 53.7 Å². The van der Waals surface area contributed by atoms with Gasteiger partial charge in [0.2, 0.25) is 6.10 Å². The van der Waals surface area contributed by atoms with Gasteiger partial charge in [-0.05, 0) is 49.2 Å². The maximum Gasteiger partial charge on any atom is 0.267 e. The van der Waals surface area contributed by atoms with E-state index in [2.05, 4.69) is 10.5 Å². The Morgan fingerprint density at radius 3 is 2.77 bits per heavy atom. The summed E-state index contributed by atoms with van der Waals surface area (Å²) in [4.78, 5) is 17.0. The topological polar surface area (TPSA) is 50.7 Å². The highest BCUT2D eigenvalue weighted by atomic mass is 19.1. The van der Waals surface area contributed by atoms with Crippen LogP contribution in [0.4, 0.5) is 10.1 Å². The van der Waals surface area contributed by atoms with Gasteiger partial charge in [0, 0.05) is 5.69 Å². The van der Waals surface area contributed by atoms with E-state index >= 15 is 0 Å². The molecule has 114 valence electrons. The van der Waals surface area contributed by atoms with Crippen LogP contribution in [-0.4, -0.2) is 18.2 Å². The first-order valence-electron chi connectivity index (χ1n) is 6.87. The standard InChI is InChI=1S/C17H17FN2O2/c1-12-5-3-8-16(9-12)20-17(21)13(2)22-19-11-14-6-4-7-15(18)10-14/h3-11,13H,1-2H3,(H,20,21)/b19-11-/t13-/m0/s1. The van der Waals surface area contributed by atoms with E-state index in [1.165, 1.54) is 18.3 Å². The third-order valence-corrected chi connectivity index (χ3v) is 2.92. The minimum atomic E-state index is -0.759. The van der Waals surface area contributed by atoms with Crippen molar-refractivity contribution in [2.45, 2.75) is 20.0 Å². The molecule has 2 aromatic rings. The lowest BCUT2D eigenvalue weighted by Gasteiger charge is -2.10. The number of oxime groups is 1. The van der Waals surface area contributed by atoms with Crippen molar-refractivity contribution in [1.82, 2.24) is 0 Å². The van der Waals surface area contributed by atoms with Gasteiger partial charge in [-0.3, -0.25) is 4.79 Å². The fourth-order valence-electron chi connectivity index (χ4n) is 1.78. The first-order valence-corrected chi connectivity index (χ1v) is 6.87. The molecule has 22 heavy (non-hydrogen) atoms. The zero-order valence-electron chi connectivity index (χ0n) is 12.4. The zero-order valence-corrected chi connectivity index (χ0v) is 12.4. The van der Waals surface area contributed by atoms with Crippen LogP contribution in [0.25, 0.3) is 0 Å². The van der Waals surface area contributed by atoms with Crippen LogP contribution in [0.1, 0.15) is 18.1 Å². The van der Waals surface area contributed by atoms with Crippen molar-refractivity contribution in [3.8, 4) is 0 Å². The van der Waals surface area contributed by atoms with Crippen LogP contribution in [0.3, 0.4) is 0 Å². The summed E-state index contributed by atoms with van der Waals surface area (Å²) in [5.74, 6) is -0.656. The van der Waals surface area contributed by atoms with E-state index < -0.39 is 6.10 Å². The third kappa shape index (κ3) is 4.70.